The van der Waals surface area contributed by atoms with Crippen molar-refractivity contribution in [2.75, 3.05) is 13.1 Å². The molecule has 1 aliphatic rings. The Kier molecular flexibility index (Phi) is 5.24. The summed E-state index contributed by atoms with van der Waals surface area (Å²) in [6.07, 6.45) is 8.38. The van der Waals surface area contributed by atoms with Gasteiger partial charge in [-0.25, -0.2) is 0 Å². The van der Waals surface area contributed by atoms with Crippen molar-refractivity contribution in [2.24, 2.45) is 0 Å². The molecule has 27 heavy (non-hydrogen) atoms. The van der Waals surface area contributed by atoms with E-state index in [9.17, 15) is 4.79 Å². The zero-order valence-corrected chi connectivity index (χ0v) is 15.3. The highest BCUT2D eigenvalue weighted by atomic mass is 16.2. The van der Waals surface area contributed by atoms with E-state index in [0.29, 0.717) is 11.5 Å². The molecular weight excluding hydrogens is 334 g/mol. The molecule has 1 atom stereocenters. The van der Waals surface area contributed by atoms with Gasteiger partial charge in [0.05, 0.1) is 11.3 Å². The van der Waals surface area contributed by atoms with Crippen molar-refractivity contribution in [2.45, 2.75) is 25.2 Å². The maximum atomic E-state index is 12.9. The van der Waals surface area contributed by atoms with Crippen molar-refractivity contribution in [3.05, 3.63) is 84.3 Å². The Bertz CT molecular complexity index is 879. The Morgan fingerprint density at radius 2 is 1.81 bits per heavy atom. The van der Waals surface area contributed by atoms with E-state index < -0.39 is 0 Å². The van der Waals surface area contributed by atoms with Gasteiger partial charge in [0, 0.05) is 37.2 Å². The molecule has 1 fully saturated rings. The van der Waals surface area contributed by atoms with Gasteiger partial charge in [-0.1, -0.05) is 30.3 Å². The van der Waals surface area contributed by atoms with E-state index in [4.69, 9.17) is 0 Å². The van der Waals surface area contributed by atoms with Crippen LogP contribution < -0.4 is 0 Å². The van der Waals surface area contributed by atoms with E-state index in [1.54, 1.807) is 18.6 Å². The highest BCUT2D eigenvalue weighted by Gasteiger charge is 2.22. The Labute approximate surface area is 159 Å². The van der Waals surface area contributed by atoms with Crippen molar-refractivity contribution < 1.29 is 4.79 Å². The topological polar surface area (TPSA) is 46.1 Å². The monoisotopic (exact) mass is 357 g/mol. The van der Waals surface area contributed by atoms with Crippen LogP contribution in [-0.2, 0) is 0 Å². The molecule has 4 nitrogen and oxygen atoms in total. The van der Waals surface area contributed by atoms with Gasteiger partial charge in [-0.2, -0.15) is 0 Å². The van der Waals surface area contributed by atoms with Crippen LogP contribution in [0.1, 0.15) is 41.1 Å². The minimum atomic E-state index is 0.0777. The molecule has 0 bridgehead atoms. The summed E-state index contributed by atoms with van der Waals surface area (Å²) in [5.74, 6) is 0.615. The Morgan fingerprint density at radius 3 is 2.56 bits per heavy atom. The molecule has 3 aromatic rings. The second-order valence-corrected chi connectivity index (χ2v) is 7.00. The largest absolute Gasteiger partial charge is 0.339 e. The summed E-state index contributed by atoms with van der Waals surface area (Å²) < 4.78 is 0. The number of hydrogen-bond acceptors (Lipinski definition) is 3. The third kappa shape index (κ3) is 4.05. The van der Waals surface area contributed by atoms with Crippen LogP contribution in [0.4, 0.5) is 0 Å². The van der Waals surface area contributed by atoms with Gasteiger partial charge in [0.25, 0.3) is 5.91 Å². The minimum Gasteiger partial charge on any atom is -0.339 e. The van der Waals surface area contributed by atoms with Crippen molar-refractivity contribution in [3.63, 3.8) is 0 Å². The second-order valence-electron chi connectivity index (χ2n) is 7.00. The van der Waals surface area contributed by atoms with Crippen LogP contribution in [0.2, 0.25) is 0 Å². The molecule has 1 saturated heterocycles. The Hall–Kier alpha value is -3.01. The zero-order valence-electron chi connectivity index (χ0n) is 15.3. The molecular formula is C23H23N3O. The third-order valence-corrected chi connectivity index (χ3v) is 5.25. The van der Waals surface area contributed by atoms with Crippen molar-refractivity contribution in [1.82, 2.24) is 14.9 Å². The molecule has 1 amide bonds. The molecule has 0 unspecified atom stereocenters. The summed E-state index contributed by atoms with van der Waals surface area (Å²) in [6, 6.07) is 18.3. The van der Waals surface area contributed by atoms with E-state index in [1.165, 1.54) is 5.56 Å². The first-order chi connectivity index (χ1) is 13.3. The molecule has 4 heteroatoms. The number of aromatic nitrogens is 2. The molecule has 136 valence electrons. The number of pyridine rings is 2. The maximum absolute atomic E-state index is 12.9. The van der Waals surface area contributed by atoms with E-state index in [1.807, 2.05) is 29.2 Å². The number of nitrogens with zero attached hydrogens (tertiary/aromatic N) is 3. The fraction of sp³-hybridized carbons (Fsp3) is 0.261. The van der Waals surface area contributed by atoms with Gasteiger partial charge in [-0.3, -0.25) is 14.8 Å². The van der Waals surface area contributed by atoms with Gasteiger partial charge in [0.15, 0.2) is 0 Å². The third-order valence-electron chi connectivity index (χ3n) is 5.25. The first-order valence-corrected chi connectivity index (χ1v) is 9.52. The number of hydrogen-bond donors (Lipinski definition) is 0. The average molecular weight is 357 g/mol. The summed E-state index contributed by atoms with van der Waals surface area (Å²) in [5, 5.41) is 0. The van der Waals surface area contributed by atoms with Crippen LogP contribution in [0.25, 0.3) is 11.3 Å². The predicted octanol–water partition coefficient (Wildman–Crippen LogP) is 4.55. The van der Waals surface area contributed by atoms with Crippen molar-refractivity contribution in [1.29, 1.82) is 0 Å². The first kappa shape index (κ1) is 17.4. The molecule has 0 saturated carbocycles. The molecule has 0 aliphatic carbocycles. The quantitative estimate of drug-likeness (QED) is 0.691. The van der Waals surface area contributed by atoms with Gasteiger partial charge in [-0.15, -0.1) is 0 Å². The van der Waals surface area contributed by atoms with Gasteiger partial charge >= 0.3 is 0 Å². The van der Waals surface area contributed by atoms with Crippen LogP contribution in [0.3, 0.4) is 0 Å². The number of rotatable bonds is 3. The van der Waals surface area contributed by atoms with Gasteiger partial charge in [-0.05, 0) is 55.0 Å². The molecule has 1 aromatic carbocycles. The molecule has 0 spiro atoms. The molecule has 3 heterocycles. The molecule has 2 aromatic heterocycles. The summed E-state index contributed by atoms with van der Waals surface area (Å²) in [7, 11) is 0. The SMILES string of the molecule is O=C(c1ccc(-c2cccnc2)nc1)N1CCC[C@H](c2ccccc2)CC1. The lowest BCUT2D eigenvalue weighted by atomic mass is 9.92. The lowest BCUT2D eigenvalue weighted by molar-refractivity contribution is 0.0760. The first-order valence-electron chi connectivity index (χ1n) is 9.52. The van der Waals surface area contributed by atoms with Crippen LogP contribution in [0, 0.1) is 0 Å². The molecule has 0 radical (unpaired) electrons. The van der Waals surface area contributed by atoms with Crippen LogP contribution in [0.15, 0.2) is 73.2 Å². The van der Waals surface area contributed by atoms with Gasteiger partial charge in [0.2, 0.25) is 0 Å². The highest BCUT2D eigenvalue weighted by molar-refractivity contribution is 5.94. The lowest BCUT2D eigenvalue weighted by Crippen LogP contribution is -2.32. The van der Waals surface area contributed by atoms with E-state index in [0.717, 1.165) is 43.6 Å². The Balaban J connectivity index is 1.43. The lowest BCUT2D eigenvalue weighted by Gasteiger charge is -2.21. The van der Waals surface area contributed by atoms with Gasteiger partial charge in [0.1, 0.15) is 0 Å². The molecule has 1 aliphatic heterocycles. The maximum Gasteiger partial charge on any atom is 0.255 e. The fourth-order valence-electron chi connectivity index (χ4n) is 3.75. The van der Waals surface area contributed by atoms with Crippen molar-refractivity contribution in [3.8, 4) is 11.3 Å². The smallest absolute Gasteiger partial charge is 0.255 e. The minimum absolute atomic E-state index is 0.0777. The van der Waals surface area contributed by atoms with Crippen molar-refractivity contribution >= 4 is 5.91 Å². The predicted molar refractivity (Wildman–Crippen MR) is 106 cm³/mol. The van der Waals surface area contributed by atoms with Crippen LogP contribution in [-0.4, -0.2) is 33.9 Å². The van der Waals surface area contributed by atoms with E-state index >= 15 is 0 Å². The zero-order chi connectivity index (χ0) is 18.5. The number of carbonyl (C=O) groups excluding carboxylic acids is 1. The highest BCUT2D eigenvalue weighted by Crippen LogP contribution is 2.28. The fourth-order valence-corrected chi connectivity index (χ4v) is 3.75. The molecule has 4 rings (SSSR count). The van der Waals surface area contributed by atoms with E-state index in [-0.39, 0.29) is 5.91 Å². The standard InChI is InChI=1S/C23H23N3O/c27-23(21-10-11-22(25-17-21)20-8-4-13-24-16-20)26-14-5-9-19(12-15-26)18-6-2-1-3-7-18/h1-4,6-8,10-11,13,16-17,19H,5,9,12,14-15H2/t19-/m0/s1. The number of amides is 1. The van der Waals surface area contributed by atoms with Gasteiger partial charge < -0.3 is 4.90 Å². The summed E-state index contributed by atoms with van der Waals surface area (Å²) in [6.45, 7) is 1.61. The number of carbonyl (C=O) groups is 1. The molecule has 0 N–H and O–H groups in total. The van der Waals surface area contributed by atoms with Crippen LogP contribution >= 0.6 is 0 Å². The normalized spacial score (nSPS) is 17.3. The number of likely N-dealkylation sites (tertiary alicyclic amines) is 1. The second kappa shape index (κ2) is 8.12. The summed E-state index contributed by atoms with van der Waals surface area (Å²) in [4.78, 5) is 23.5. The summed E-state index contributed by atoms with van der Waals surface area (Å²) >= 11 is 0. The number of benzene rings is 1. The van der Waals surface area contributed by atoms with Crippen LogP contribution in [0.5, 0.6) is 0 Å². The van der Waals surface area contributed by atoms with E-state index in [2.05, 4.69) is 40.3 Å². The average Bonchev–Trinajstić information content (AvgIpc) is 3.01. The summed E-state index contributed by atoms with van der Waals surface area (Å²) in [5.41, 5.74) is 3.83. The Morgan fingerprint density at radius 1 is 0.926 bits per heavy atom.